The van der Waals surface area contributed by atoms with E-state index in [0.29, 0.717) is 17.0 Å². The molecule has 0 atom stereocenters. The third-order valence-corrected chi connectivity index (χ3v) is 4.30. The maximum Gasteiger partial charge on any atom is 0.368 e. The van der Waals surface area contributed by atoms with Crippen LogP contribution >= 0.6 is 0 Å². The number of tetrazole rings is 1. The zero-order chi connectivity index (χ0) is 20.3. The number of aryl methyl sites for hydroxylation is 2. The predicted molar refractivity (Wildman–Crippen MR) is 99.7 cm³/mol. The Hall–Kier alpha value is -3.36. The fraction of sp³-hybridized carbons (Fsp3) is 0.263. The normalized spacial score (nSPS) is 11.9. The lowest BCUT2D eigenvalue weighted by Crippen LogP contribution is -2.23. The molecule has 28 heavy (non-hydrogen) atoms. The van der Waals surface area contributed by atoms with Crippen molar-refractivity contribution in [2.45, 2.75) is 26.9 Å². The first-order valence-corrected chi connectivity index (χ1v) is 8.51. The number of aromatic nitrogens is 4. The lowest BCUT2D eigenvalue weighted by atomic mass is 10.1. The molecule has 0 saturated heterocycles. The summed E-state index contributed by atoms with van der Waals surface area (Å²) >= 11 is 0. The fourth-order valence-corrected chi connectivity index (χ4v) is 2.68. The number of benzene rings is 2. The van der Waals surface area contributed by atoms with E-state index >= 15 is 0 Å². The van der Waals surface area contributed by atoms with Crippen molar-refractivity contribution in [2.75, 3.05) is 0 Å². The Labute approximate surface area is 159 Å². The highest BCUT2D eigenvalue weighted by Crippen LogP contribution is 2.21. The predicted octanol–water partition coefficient (Wildman–Crippen LogP) is 3.15. The topological polar surface area (TPSA) is 74.3 Å². The second-order valence-corrected chi connectivity index (χ2v) is 6.25. The van der Waals surface area contributed by atoms with E-state index in [4.69, 9.17) is 4.84 Å². The number of alkyl halides is 2. The van der Waals surface area contributed by atoms with Crippen molar-refractivity contribution >= 4 is 5.71 Å². The van der Waals surface area contributed by atoms with E-state index in [1.807, 2.05) is 13.0 Å². The SMILES string of the molecule is CC(=NOCc1c(C)cccc1-n1nnn(C)c1=O)c1cccc(C(F)F)c1. The molecule has 0 amide bonds. The minimum Gasteiger partial charge on any atom is -0.391 e. The first kappa shape index (κ1) is 19.4. The van der Waals surface area contributed by atoms with Gasteiger partial charge in [-0.15, -0.1) is 0 Å². The van der Waals surface area contributed by atoms with Gasteiger partial charge in [0.1, 0.15) is 6.61 Å². The van der Waals surface area contributed by atoms with Gasteiger partial charge in [0, 0.05) is 18.2 Å². The Morgan fingerprint density at radius 2 is 1.96 bits per heavy atom. The molecule has 9 heteroatoms. The van der Waals surface area contributed by atoms with Crippen LogP contribution in [-0.4, -0.2) is 25.5 Å². The summed E-state index contributed by atoms with van der Waals surface area (Å²) in [6, 6.07) is 11.4. The van der Waals surface area contributed by atoms with Gasteiger partial charge in [-0.2, -0.15) is 9.36 Å². The number of hydrogen-bond acceptors (Lipinski definition) is 5. The van der Waals surface area contributed by atoms with Crippen LogP contribution in [0.1, 0.15) is 35.6 Å². The van der Waals surface area contributed by atoms with Crippen molar-refractivity contribution in [3.8, 4) is 5.69 Å². The summed E-state index contributed by atoms with van der Waals surface area (Å²) in [5.41, 5.74) is 2.73. The van der Waals surface area contributed by atoms with Crippen LogP contribution in [0, 0.1) is 6.92 Å². The molecule has 0 fully saturated rings. The van der Waals surface area contributed by atoms with Gasteiger partial charge in [0.05, 0.1) is 11.4 Å². The molecule has 146 valence electrons. The number of rotatable bonds is 6. The number of halogens is 2. The van der Waals surface area contributed by atoms with E-state index in [0.717, 1.165) is 15.8 Å². The Kier molecular flexibility index (Phi) is 5.62. The first-order valence-electron chi connectivity index (χ1n) is 8.51. The van der Waals surface area contributed by atoms with Gasteiger partial charge in [-0.05, 0) is 47.5 Å². The summed E-state index contributed by atoms with van der Waals surface area (Å²) in [5, 5.41) is 11.6. The molecule has 0 N–H and O–H groups in total. The van der Waals surface area contributed by atoms with Crippen molar-refractivity contribution in [1.82, 2.24) is 19.8 Å². The van der Waals surface area contributed by atoms with Crippen LogP contribution in [0.2, 0.25) is 0 Å². The summed E-state index contributed by atoms with van der Waals surface area (Å²) in [7, 11) is 1.51. The van der Waals surface area contributed by atoms with Gasteiger partial charge in [-0.3, -0.25) is 0 Å². The third-order valence-electron chi connectivity index (χ3n) is 4.30. The Morgan fingerprint density at radius 1 is 1.21 bits per heavy atom. The smallest absolute Gasteiger partial charge is 0.368 e. The summed E-state index contributed by atoms with van der Waals surface area (Å²) < 4.78 is 28.0. The molecule has 1 heterocycles. The van der Waals surface area contributed by atoms with Crippen LogP contribution < -0.4 is 5.69 Å². The molecule has 0 aliphatic rings. The van der Waals surface area contributed by atoms with E-state index in [1.165, 1.54) is 23.9 Å². The van der Waals surface area contributed by atoms with Crippen molar-refractivity contribution in [1.29, 1.82) is 0 Å². The Bertz CT molecular complexity index is 1070. The van der Waals surface area contributed by atoms with Crippen LogP contribution in [0.25, 0.3) is 5.69 Å². The molecule has 0 spiro atoms. The highest BCUT2D eigenvalue weighted by atomic mass is 19.3. The largest absolute Gasteiger partial charge is 0.391 e. The second kappa shape index (κ2) is 8.12. The lowest BCUT2D eigenvalue weighted by Gasteiger charge is -2.11. The third kappa shape index (κ3) is 3.98. The average Bonchev–Trinajstić information content (AvgIpc) is 3.01. The molecule has 0 saturated carbocycles. The minimum atomic E-state index is -2.55. The standard InChI is InChI=1S/C19H19F2N5O2/c1-12-6-4-9-17(26-19(27)25(3)23-24-26)16(12)11-28-22-13(2)14-7-5-8-15(10-14)18(20)21/h4-10,18H,11H2,1-3H3. The molecule has 2 aromatic carbocycles. The van der Waals surface area contributed by atoms with E-state index in [1.54, 1.807) is 31.2 Å². The van der Waals surface area contributed by atoms with Gasteiger partial charge in [0.2, 0.25) is 0 Å². The van der Waals surface area contributed by atoms with Crippen molar-refractivity contribution in [2.24, 2.45) is 12.2 Å². The molecular formula is C19H19F2N5O2. The molecule has 0 aliphatic carbocycles. The number of oxime groups is 1. The zero-order valence-electron chi connectivity index (χ0n) is 15.6. The highest BCUT2D eigenvalue weighted by molar-refractivity contribution is 5.98. The monoisotopic (exact) mass is 387 g/mol. The molecule has 0 bridgehead atoms. The van der Waals surface area contributed by atoms with Gasteiger partial charge in [0.15, 0.2) is 0 Å². The van der Waals surface area contributed by atoms with Gasteiger partial charge in [0.25, 0.3) is 6.43 Å². The molecular weight excluding hydrogens is 368 g/mol. The molecule has 1 aromatic heterocycles. The van der Waals surface area contributed by atoms with Crippen molar-refractivity contribution in [3.05, 3.63) is 75.2 Å². The minimum absolute atomic E-state index is 0.0738. The van der Waals surface area contributed by atoms with Crippen LogP contribution in [0.4, 0.5) is 8.78 Å². The first-order chi connectivity index (χ1) is 13.4. The van der Waals surface area contributed by atoms with E-state index < -0.39 is 6.43 Å². The molecule has 0 radical (unpaired) electrons. The van der Waals surface area contributed by atoms with Crippen LogP contribution in [0.3, 0.4) is 0 Å². The van der Waals surface area contributed by atoms with Gasteiger partial charge < -0.3 is 4.84 Å². The van der Waals surface area contributed by atoms with Gasteiger partial charge >= 0.3 is 5.69 Å². The van der Waals surface area contributed by atoms with Gasteiger partial charge in [-0.25, -0.2) is 13.6 Å². The van der Waals surface area contributed by atoms with E-state index in [2.05, 4.69) is 15.6 Å². The van der Waals surface area contributed by atoms with Crippen molar-refractivity contribution in [3.63, 3.8) is 0 Å². The number of nitrogens with zero attached hydrogens (tertiary/aromatic N) is 5. The fourth-order valence-electron chi connectivity index (χ4n) is 2.68. The molecule has 7 nitrogen and oxygen atoms in total. The van der Waals surface area contributed by atoms with Crippen LogP contribution in [-0.2, 0) is 18.5 Å². The van der Waals surface area contributed by atoms with Crippen LogP contribution in [0.5, 0.6) is 0 Å². The molecule has 3 aromatic rings. The van der Waals surface area contributed by atoms with Crippen molar-refractivity contribution < 1.29 is 13.6 Å². The average molecular weight is 387 g/mol. The quantitative estimate of drug-likeness (QED) is 0.481. The Balaban J connectivity index is 1.83. The Morgan fingerprint density at radius 3 is 2.64 bits per heavy atom. The second-order valence-electron chi connectivity index (χ2n) is 6.25. The lowest BCUT2D eigenvalue weighted by molar-refractivity contribution is 0.130. The number of hydrogen-bond donors (Lipinski definition) is 0. The maximum absolute atomic E-state index is 12.9. The highest BCUT2D eigenvalue weighted by Gasteiger charge is 2.14. The van der Waals surface area contributed by atoms with Gasteiger partial charge in [-0.1, -0.05) is 35.5 Å². The summed E-state index contributed by atoms with van der Waals surface area (Å²) in [4.78, 5) is 17.6. The van der Waals surface area contributed by atoms with E-state index in [9.17, 15) is 13.6 Å². The van der Waals surface area contributed by atoms with E-state index in [-0.39, 0.29) is 17.9 Å². The van der Waals surface area contributed by atoms with Crippen LogP contribution in [0.15, 0.2) is 52.4 Å². The summed E-state index contributed by atoms with van der Waals surface area (Å²) in [5.74, 6) is 0. The molecule has 3 rings (SSSR count). The summed E-state index contributed by atoms with van der Waals surface area (Å²) in [6.45, 7) is 3.64. The molecule has 0 aliphatic heterocycles. The summed E-state index contributed by atoms with van der Waals surface area (Å²) in [6.07, 6.45) is -2.55. The molecule has 0 unspecified atom stereocenters. The maximum atomic E-state index is 12.9. The zero-order valence-corrected chi connectivity index (χ0v) is 15.6.